The predicted molar refractivity (Wildman–Crippen MR) is 99.6 cm³/mol. The zero-order chi connectivity index (χ0) is 17.2. The van der Waals surface area contributed by atoms with Crippen molar-refractivity contribution in [3.63, 3.8) is 0 Å². The van der Waals surface area contributed by atoms with E-state index in [1.54, 1.807) is 11.3 Å². The van der Waals surface area contributed by atoms with Crippen LogP contribution in [0.15, 0.2) is 30.3 Å². The third-order valence-electron chi connectivity index (χ3n) is 4.98. The van der Waals surface area contributed by atoms with E-state index < -0.39 is 0 Å². The van der Waals surface area contributed by atoms with E-state index in [0.29, 0.717) is 0 Å². The third kappa shape index (κ3) is 3.73. The van der Waals surface area contributed by atoms with Crippen molar-refractivity contribution < 1.29 is 0 Å². The molecule has 6 nitrogen and oxygen atoms in total. The fourth-order valence-electron chi connectivity index (χ4n) is 3.67. The fourth-order valence-corrected chi connectivity index (χ4v) is 4.53. The topological polar surface area (TPSA) is 49.6 Å². The Morgan fingerprint density at radius 3 is 3.08 bits per heavy atom. The van der Waals surface area contributed by atoms with Crippen molar-refractivity contribution in [1.82, 2.24) is 29.2 Å². The van der Waals surface area contributed by atoms with E-state index in [9.17, 15) is 0 Å². The molecule has 0 saturated carbocycles. The number of likely N-dealkylation sites (tertiary alicyclic amines) is 1. The molecule has 1 aliphatic heterocycles. The first-order chi connectivity index (χ1) is 12.2. The number of imidazole rings is 1. The van der Waals surface area contributed by atoms with Gasteiger partial charge in [-0.2, -0.15) is 0 Å². The van der Waals surface area contributed by atoms with Gasteiger partial charge in [0, 0.05) is 43.4 Å². The van der Waals surface area contributed by atoms with Gasteiger partial charge < -0.3 is 4.90 Å². The van der Waals surface area contributed by atoms with Crippen molar-refractivity contribution in [3.8, 4) is 0 Å². The average molecular weight is 356 g/mol. The Kier molecular flexibility index (Phi) is 4.78. The van der Waals surface area contributed by atoms with E-state index in [2.05, 4.69) is 43.1 Å². The summed E-state index contributed by atoms with van der Waals surface area (Å²) in [5.74, 6) is 0.735. The number of fused-ring (bicyclic) bond motifs is 1. The summed E-state index contributed by atoms with van der Waals surface area (Å²) >= 11 is 1.76. The molecule has 3 aromatic heterocycles. The highest BCUT2D eigenvalue weighted by molar-refractivity contribution is 7.09. The molecule has 7 heteroatoms. The van der Waals surface area contributed by atoms with Crippen LogP contribution in [0.4, 0.5) is 0 Å². The number of rotatable bonds is 6. The van der Waals surface area contributed by atoms with Gasteiger partial charge in [-0.05, 0) is 32.9 Å². The summed E-state index contributed by atoms with van der Waals surface area (Å²) in [6.45, 7) is 7.53. The van der Waals surface area contributed by atoms with Gasteiger partial charge in [0.2, 0.25) is 0 Å². The third-order valence-corrected chi connectivity index (χ3v) is 5.90. The van der Waals surface area contributed by atoms with Crippen LogP contribution in [0.25, 0.3) is 5.65 Å². The molecule has 0 aliphatic carbocycles. The maximum absolute atomic E-state index is 4.44. The standard InChI is InChI=1S/C18H24N6S/c1-14-17(25-13-21-14)12-22(2)9-15-3-5-23(10-15)11-16-7-20-18-8-19-4-6-24(16)18/h4,6-8,13,15H,3,5,9-12H2,1-2H3. The van der Waals surface area contributed by atoms with Gasteiger partial charge in [0.05, 0.1) is 29.3 Å². The molecule has 132 valence electrons. The quantitative estimate of drug-likeness (QED) is 0.679. The molecule has 1 saturated heterocycles. The van der Waals surface area contributed by atoms with Gasteiger partial charge in [-0.25, -0.2) is 9.97 Å². The van der Waals surface area contributed by atoms with Crippen LogP contribution < -0.4 is 0 Å². The van der Waals surface area contributed by atoms with Crippen LogP contribution in [0.2, 0.25) is 0 Å². The van der Waals surface area contributed by atoms with Gasteiger partial charge in [0.1, 0.15) is 0 Å². The van der Waals surface area contributed by atoms with Gasteiger partial charge in [-0.1, -0.05) is 0 Å². The Bertz CT molecular complexity index is 841. The highest BCUT2D eigenvalue weighted by Crippen LogP contribution is 2.21. The molecule has 1 aliphatic rings. The molecule has 0 radical (unpaired) electrons. The minimum absolute atomic E-state index is 0.735. The Morgan fingerprint density at radius 1 is 1.32 bits per heavy atom. The second-order valence-corrected chi connectivity index (χ2v) is 7.94. The van der Waals surface area contributed by atoms with Crippen LogP contribution in [0.3, 0.4) is 0 Å². The highest BCUT2D eigenvalue weighted by Gasteiger charge is 2.24. The van der Waals surface area contributed by atoms with Crippen LogP contribution in [-0.2, 0) is 13.1 Å². The monoisotopic (exact) mass is 356 g/mol. The number of hydrogen-bond donors (Lipinski definition) is 0. The molecule has 4 heterocycles. The molecular formula is C18H24N6S. The van der Waals surface area contributed by atoms with Crippen molar-refractivity contribution in [2.75, 3.05) is 26.7 Å². The maximum Gasteiger partial charge on any atom is 0.155 e. The van der Waals surface area contributed by atoms with E-state index in [1.807, 2.05) is 30.3 Å². The lowest BCUT2D eigenvalue weighted by Gasteiger charge is -2.21. The first kappa shape index (κ1) is 16.6. The second kappa shape index (κ2) is 7.19. The van der Waals surface area contributed by atoms with E-state index in [-0.39, 0.29) is 0 Å². The predicted octanol–water partition coefficient (Wildman–Crippen LogP) is 2.45. The molecule has 1 unspecified atom stereocenters. The van der Waals surface area contributed by atoms with Crippen LogP contribution in [0, 0.1) is 12.8 Å². The number of hydrogen-bond acceptors (Lipinski definition) is 6. The zero-order valence-corrected chi connectivity index (χ0v) is 15.6. The van der Waals surface area contributed by atoms with Crippen LogP contribution in [0.1, 0.15) is 22.7 Å². The minimum atomic E-state index is 0.735. The Labute approximate surface area is 152 Å². The van der Waals surface area contributed by atoms with Crippen molar-refractivity contribution in [2.24, 2.45) is 5.92 Å². The molecular weight excluding hydrogens is 332 g/mol. The first-order valence-corrected chi connectivity index (χ1v) is 9.63. The molecule has 3 aromatic rings. The largest absolute Gasteiger partial charge is 0.301 e. The average Bonchev–Trinajstić information content (AvgIpc) is 3.31. The summed E-state index contributed by atoms with van der Waals surface area (Å²) in [4.78, 5) is 19.3. The number of nitrogens with zero attached hydrogens (tertiary/aromatic N) is 6. The van der Waals surface area contributed by atoms with E-state index in [0.717, 1.165) is 44.3 Å². The fraction of sp³-hybridized carbons (Fsp3) is 0.500. The lowest BCUT2D eigenvalue weighted by molar-refractivity contribution is 0.254. The van der Waals surface area contributed by atoms with Gasteiger partial charge in [-0.3, -0.25) is 14.3 Å². The highest BCUT2D eigenvalue weighted by atomic mass is 32.1. The summed E-state index contributed by atoms with van der Waals surface area (Å²) in [6.07, 6.45) is 8.87. The van der Waals surface area contributed by atoms with Gasteiger partial charge >= 0.3 is 0 Å². The Morgan fingerprint density at radius 2 is 2.24 bits per heavy atom. The van der Waals surface area contributed by atoms with Crippen molar-refractivity contribution >= 4 is 17.0 Å². The molecule has 25 heavy (non-hydrogen) atoms. The lowest BCUT2D eigenvalue weighted by atomic mass is 10.1. The Hall–Kier alpha value is -1.83. The van der Waals surface area contributed by atoms with Crippen molar-refractivity contribution in [3.05, 3.63) is 46.6 Å². The molecule has 0 aromatic carbocycles. The van der Waals surface area contributed by atoms with Crippen LogP contribution in [-0.4, -0.2) is 55.8 Å². The summed E-state index contributed by atoms with van der Waals surface area (Å²) in [5, 5.41) is 0. The molecule has 0 bridgehead atoms. The summed E-state index contributed by atoms with van der Waals surface area (Å²) in [6, 6.07) is 0. The minimum Gasteiger partial charge on any atom is -0.301 e. The maximum atomic E-state index is 4.44. The van der Waals surface area contributed by atoms with E-state index in [1.165, 1.54) is 22.7 Å². The normalized spacial score (nSPS) is 18.6. The van der Waals surface area contributed by atoms with Crippen LogP contribution in [0.5, 0.6) is 0 Å². The SMILES string of the molecule is Cc1ncsc1CN(C)CC1CCN(Cc2cnc3cnccn23)C1. The van der Waals surface area contributed by atoms with Gasteiger partial charge in [0.15, 0.2) is 5.65 Å². The Balaban J connectivity index is 1.31. The van der Waals surface area contributed by atoms with Crippen LogP contribution >= 0.6 is 11.3 Å². The second-order valence-electron chi connectivity index (χ2n) is 7.00. The van der Waals surface area contributed by atoms with Crippen molar-refractivity contribution in [2.45, 2.75) is 26.4 Å². The van der Waals surface area contributed by atoms with E-state index >= 15 is 0 Å². The lowest BCUT2D eigenvalue weighted by Crippen LogP contribution is -2.28. The molecule has 1 fully saturated rings. The first-order valence-electron chi connectivity index (χ1n) is 8.75. The van der Waals surface area contributed by atoms with Crippen molar-refractivity contribution in [1.29, 1.82) is 0 Å². The molecule has 0 amide bonds. The van der Waals surface area contributed by atoms with E-state index in [4.69, 9.17) is 0 Å². The molecule has 0 spiro atoms. The van der Waals surface area contributed by atoms with Gasteiger partial charge in [-0.15, -0.1) is 11.3 Å². The number of thiazole rings is 1. The molecule has 4 rings (SSSR count). The van der Waals surface area contributed by atoms with Gasteiger partial charge in [0.25, 0.3) is 0 Å². The molecule has 0 N–H and O–H groups in total. The molecule has 1 atom stereocenters. The summed E-state index contributed by atoms with van der Waals surface area (Å²) in [5.41, 5.74) is 5.29. The number of aromatic nitrogens is 4. The summed E-state index contributed by atoms with van der Waals surface area (Å²) < 4.78 is 2.14. The number of aryl methyl sites for hydroxylation is 1. The zero-order valence-electron chi connectivity index (χ0n) is 14.8. The summed E-state index contributed by atoms with van der Waals surface area (Å²) in [7, 11) is 2.22. The smallest absolute Gasteiger partial charge is 0.155 e.